The second kappa shape index (κ2) is 6.63. The molecule has 0 saturated heterocycles. The Kier molecular flexibility index (Phi) is 4.16. The minimum atomic E-state index is -0.270. The van der Waals surface area contributed by atoms with Crippen molar-refractivity contribution >= 4 is 22.4 Å². The molecule has 0 saturated carbocycles. The van der Waals surface area contributed by atoms with Gasteiger partial charge in [0.05, 0.1) is 18.1 Å². The van der Waals surface area contributed by atoms with Gasteiger partial charge in [-0.2, -0.15) is 5.10 Å². The van der Waals surface area contributed by atoms with Crippen LogP contribution in [0.5, 0.6) is 0 Å². The van der Waals surface area contributed by atoms with E-state index in [-0.39, 0.29) is 17.5 Å². The summed E-state index contributed by atoms with van der Waals surface area (Å²) in [4.78, 5) is 24.8. The molecule has 2 heterocycles. The van der Waals surface area contributed by atoms with Crippen LogP contribution in [0, 0.1) is 6.92 Å². The van der Waals surface area contributed by atoms with Crippen LogP contribution < -0.4 is 16.2 Å². The zero-order valence-electron chi connectivity index (χ0n) is 14.5. The third-order valence-electron chi connectivity index (χ3n) is 4.72. The molecule has 6 heteroatoms. The van der Waals surface area contributed by atoms with E-state index in [9.17, 15) is 9.59 Å². The normalized spacial score (nSPS) is 15.5. The molecule has 26 heavy (non-hydrogen) atoms. The third-order valence-corrected chi connectivity index (χ3v) is 4.72. The number of carbonyl (C=O) groups excluding carboxylic acids is 1. The fourth-order valence-electron chi connectivity index (χ4n) is 3.34. The number of hydrogen-bond acceptors (Lipinski definition) is 4. The van der Waals surface area contributed by atoms with Gasteiger partial charge in [0.25, 0.3) is 5.56 Å². The van der Waals surface area contributed by atoms with Crippen LogP contribution in [-0.2, 0) is 17.8 Å². The molecule has 1 amide bonds. The summed E-state index contributed by atoms with van der Waals surface area (Å²) in [5, 5.41) is 11.8. The maximum Gasteiger partial charge on any atom is 0.274 e. The van der Waals surface area contributed by atoms with Gasteiger partial charge in [-0.05, 0) is 24.6 Å². The van der Waals surface area contributed by atoms with Crippen LogP contribution >= 0.6 is 0 Å². The van der Waals surface area contributed by atoms with E-state index in [2.05, 4.69) is 21.8 Å². The van der Waals surface area contributed by atoms with Gasteiger partial charge in [-0.15, -0.1) is 0 Å². The molecule has 0 bridgehead atoms. The standard InChI is InChI=1S/C20H20N4O2/c1-13-6-7-17-15(10-13)11-18(23-17)19(25)21-8-9-24-20(26)16-5-3-2-4-14(16)12-22-24/h2-7,10,12,18,23H,8-9,11H2,1H3,(H,21,25)/t18-/m1/s1. The molecular weight excluding hydrogens is 328 g/mol. The first-order valence-corrected chi connectivity index (χ1v) is 8.70. The number of amides is 1. The predicted molar refractivity (Wildman–Crippen MR) is 101 cm³/mol. The monoisotopic (exact) mass is 348 g/mol. The summed E-state index contributed by atoms with van der Waals surface area (Å²) in [7, 11) is 0. The highest BCUT2D eigenvalue weighted by Gasteiger charge is 2.26. The first kappa shape index (κ1) is 16.3. The van der Waals surface area contributed by atoms with E-state index in [4.69, 9.17) is 0 Å². The molecule has 1 atom stereocenters. The number of anilines is 1. The highest BCUT2D eigenvalue weighted by Crippen LogP contribution is 2.26. The number of aryl methyl sites for hydroxylation is 1. The second-order valence-electron chi connectivity index (χ2n) is 6.61. The molecule has 0 aliphatic carbocycles. The first-order valence-electron chi connectivity index (χ1n) is 8.70. The zero-order valence-corrected chi connectivity index (χ0v) is 14.5. The lowest BCUT2D eigenvalue weighted by atomic mass is 10.1. The van der Waals surface area contributed by atoms with Gasteiger partial charge in [0, 0.05) is 24.0 Å². The van der Waals surface area contributed by atoms with Crippen molar-refractivity contribution < 1.29 is 4.79 Å². The number of rotatable bonds is 4. The van der Waals surface area contributed by atoms with Gasteiger partial charge in [-0.25, -0.2) is 4.68 Å². The summed E-state index contributed by atoms with van der Waals surface area (Å²) in [5.41, 5.74) is 3.23. The Hall–Kier alpha value is -3.15. The number of benzene rings is 2. The Morgan fingerprint density at radius 1 is 1.31 bits per heavy atom. The number of carbonyl (C=O) groups is 1. The Balaban J connectivity index is 1.37. The molecule has 1 aliphatic rings. The van der Waals surface area contributed by atoms with E-state index < -0.39 is 0 Å². The number of fused-ring (bicyclic) bond motifs is 2. The third kappa shape index (κ3) is 3.06. The molecule has 0 unspecified atom stereocenters. The molecule has 0 spiro atoms. The summed E-state index contributed by atoms with van der Waals surface area (Å²) in [6.45, 7) is 2.74. The largest absolute Gasteiger partial charge is 0.373 e. The maximum atomic E-state index is 12.4. The van der Waals surface area contributed by atoms with Crippen molar-refractivity contribution in [1.82, 2.24) is 15.1 Å². The quantitative estimate of drug-likeness (QED) is 0.755. The van der Waals surface area contributed by atoms with Crippen LogP contribution in [0.25, 0.3) is 10.8 Å². The van der Waals surface area contributed by atoms with E-state index in [1.807, 2.05) is 37.3 Å². The smallest absolute Gasteiger partial charge is 0.274 e. The molecule has 1 aliphatic heterocycles. The van der Waals surface area contributed by atoms with Gasteiger partial charge < -0.3 is 10.6 Å². The van der Waals surface area contributed by atoms with Crippen LogP contribution in [0.3, 0.4) is 0 Å². The number of aromatic nitrogens is 2. The molecule has 4 rings (SSSR count). The van der Waals surface area contributed by atoms with Crippen LogP contribution in [0.15, 0.2) is 53.5 Å². The molecule has 132 valence electrons. The predicted octanol–water partition coefficient (Wildman–Crippen LogP) is 1.86. The summed E-state index contributed by atoms with van der Waals surface area (Å²) < 4.78 is 1.39. The first-order chi connectivity index (χ1) is 12.6. The van der Waals surface area contributed by atoms with Gasteiger partial charge >= 0.3 is 0 Å². The number of hydrogen-bond donors (Lipinski definition) is 2. The zero-order chi connectivity index (χ0) is 18.1. The lowest BCUT2D eigenvalue weighted by Crippen LogP contribution is -2.40. The fourth-order valence-corrected chi connectivity index (χ4v) is 3.34. The van der Waals surface area contributed by atoms with Crippen LogP contribution in [0.2, 0.25) is 0 Å². The second-order valence-corrected chi connectivity index (χ2v) is 6.61. The molecule has 0 radical (unpaired) electrons. The molecule has 1 aromatic heterocycles. The summed E-state index contributed by atoms with van der Waals surface area (Å²) in [6.07, 6.45) is 2.35. The van der Waals surface area contributed by atoms with Crippen molar-refractivity contribution in [2.45, 2.75) is 25.9 Å². The number of nitrogens with zero attached hydrogens (tertiary/aromatic N) is 2. The average molecular weight is 348 g/mol. The van der Waals surface area contributed by atoms with Crippen molar-refractivity contribution in [1.29, 1.82) is 0 Å². The van der Waals surface area contributed by atoms with Gasteiger partial charge in [0.2, 0.25) is 5.91 Å². The highest BCUT2D eigenvalue weighted by atomic mass is 16.2. The average Bonchev–Trinajstić information content (AvgIpc) is 3.07. The van der Waals surface area contributed by atoms with Crippen molar-refractivity contribution in [3.63, 3.8) is 0 Å². The van der Waals surface area contributed by atoms with Crippen molar-refractivity contribution in [3.8, 4) is 0 Å². The van der Waals surface area contributed by atoms with E-state index in [0.29, 0.717) is 24.9 Å². The van der Waals surface area contributed by atoms with E-state index in [0.717, 1.165) is 16.6 Å². The van der Waals surface area contributed by atoms with E-state index in [1.165, 1.54) is 10.2 Å². The summed E-state index contributed by atoms with van der Waals surface area (Å²) in [6, 6.07) is 13.2. The van der Waals surface area contributed by atoms with Gasteiger partial charge in [-0.1, -0.05) is 35.9 Å². The minimum Gasteiger partial charge on any atom is -0.373 e. The molecule has 2 aromatic carbocycles. The van der Waals surface area contributed by atoms with Gasteiger partial charge in [0.1, 0.15) is 6.04 Å². The van der Waals surface area contributed by atoms with E-state index in [1.54, 1.807) is 12.3 Å². The molecule has 2 N–H and O–H groups in total. The Labute approximate surface area is 150 Å². The topological polar surface area (TPSA) is 76.0 Å². The van der Waals surface area contributed by atoms with E-state index >= 15 is 0 Å². The molecule has 6 nitrogen and oxygen atoms in total. The lowest BCUT2D eigenvalue weighted by molar-refractivity contribution is -0.121. The van der Waals surface area contributed by atoms with Crippen LogP contribution in [-0.4, -0.2) is 28.3 Å². The SMILES string of the molecule is Cc1ccc2c(c1)C[C@H](C(=O)NCCn1ncc3ccccc3c1=O)N2. The molecule has 3 aromatic rings. The molecule has 0 fully saturated rings. The van der Waals surface area contributed by atoms with Crippen LogP contribution in [0.4, 0.5) is 5.69 Å². The number of nitrogens with one attached hydrogen (secondary N) is 2. The van der Waals surface area contributed by atoms with Crippen LogP contribution in [0.1, 0.15) is 11.1 Å². The maximum absolute atomic E-state index is 12.4. The van der Waals surface area contributed by atoms with Crippen molar-refractivity contribution in [2.75, 3.05) is 11.9 Å². The summed E-state index contributed by atoms with van der Waals surface area (Å²) >= 11 is 0. The Bertz CT molecular complexity index is 1040. The lowest BCUT2D eigenvalue weighted by Gasteiger charge is -2.12. The Morgan fingerprint density at radius 2 is 2.15 bits per heavy atom. The Morgan fingerprint density at radius 3 is 3.04 bits per heavy atom. The van der Waals surface area contributed by atoms with Crippen molar-refractivity contribution in [3.05, 3.63) is 70.1 Å². The highest BCUT2D eigenvalue weighted by molar-refractivity contribution is 5.87. The van der Waals surface area contributed by atoms with Crippen molar-refractivity contribution in [2.24, 2.45) is 0 Å². The van der Waals surface area contributed by atoms with Gasteiger partial charge in [0.15, 0.2) is 0 Å². The minimum absolute atomic E-state index is 0.0623. The van der Waals surface area contributed by atoms with Gasteiger partial charge in [-0.3, -0.25) is 9.59 Å². The molecular formula is C20H20N4O2. The summed E-state index contributed by atoms with van der Waals surface area (Å²) in [5.74, 6) is -0.0623. The fraction of sp³-hybridized carbons (Fsp3) is 0.250.